The van der Waals surface area contributed by atoms with Gasteiger partial charge in [0.1, 0.15) is 5.82 Å². The monoisotopic (exact) mass is 313 g/mol. The summed E-state index contributed by atoms with van der Waals surface area (Å²) < 4.78 is 13.5. The van der Waals surface area contributed by atoms with E-state index in [1.807, 2.05) is 42.5 Å². The third-order valence-electron chi connectivity index (χ3n) is 3.40. The van der Waals surface area contributed by atoms with Crippen LogP contribution in [0.1, 0.15) is 30.1 Å². The Kier molecular flexibility index (Phi) is 6.51. The summed E-state index contributed by atoms with van der Waals surface area (Å²) in [4.78, 5) is 11.7. The lowest BCUT2D eigenvalue weighted by atomic mass is 10.1. The molecule has 0 aliphatic rings. The molecule has 0 bridgehead atoms. The van der Waals surface area contributed by atoms with Crippen molar-refractivity contribution >= 4 is 12.0 Å². The maximum atomic E-state index is 13.5. The quantitative estimate of drug-likeness (QED) is 0.822. The number of halogens is 1. The summed E-state index contributed by atoms with van der Waals surface area (Å²) in [5.74, 6) is -0.641. The highest BCUT2D eigenvalue weighted by atomic mass is 19.1. The van der Waals surface area contributed by atoms with E-state index < -0.39 is 11.9 Å². The molecular formula is C19H20FNO2. The predicted octanol–water partition coefficient (Wildman–Crippen LogP) is 3.47. The minimum Gasteiger partial charge on any atom is -0.386 e. The van der Waals surface area contributed by atoms with Gasteiger partial charge in [0.2, 0.25) is 5.91 Å². The zero-order valence-corrected chi connectivity index (χ0v) is 12.8. The molecule has 2 rings (SSSR count). The number of aliphatic hydroxyl groups excluding tert-OH is 1. The first-order valence-electron chi connectivity index (χ1n) is 7.57. The van der Waals surface area contributed by atoms with Crippen LogP contribution in [0.2, 0.25) is 0 Å². The van der Waals surface area contributed by atoms with E-state index in [9.17, 15) is 14.3 Å². The van der Waals surface area contributed by atoms with Crippen molar-refractivity contribution < 1.29 is 14.3 Å². The van der Waals surface area contributed by atoms with Crippen LogP contribution in [-0.4, -0.2) is 17.6 Å². The topological polar surface area (TPSA) is 49.3 Å². The van der Waals surface area contributed by atoms with Crippen molar-refractivity contribution in [2.75, 3.05) is 6.54 Å². The first kappa shape index (κ1) is 16.9. The number of amides is 1. The fourth-order valence-electron chi connectivity index (χ4n) is 2.15. The summed E-state index contributed by atoms with van der Waals surface area (Å²) in [5.41, 5.74) is 1.28. The van der Waals surface area contributed by atoms with E-state index >= 15 is 0 Å². The number of nitrogens with one attached hydrogen (secondary N) is 1. The Morgan fingerprint density at radius 3 is 2.57 bits per heavy atom. The van der Waals surface area contributed by atoms with Gasteiger partial charge in [-0.15, -0.1) is 0 Å². The number of hydrogen-bond donors (Lipinski definition) is 2. The molecule has 0 spiro atoms. The van der Waals surface area contributed by atoms with Gasteiger partial charge < -0.3 is 10.4 Å². The molecule has 23 heavy (non-hydrogen) atoms. The lowest BCUT2D eigenvalue weighted by Crippen LogP contribution is -2.28. The van der Waals surface area contributed by atoms with Crippen LogP contribution in [0.5, 0.6) is 0 Å². The van der Waals surface area contributed by atoms with Crippen LogP contribution in [0.15, 0.2) is 60.7 Å². The van der Waals surface area contributed by atoms with Crippen molar-refractivity contribution in [2.45, 2.75) is 18.9 Å². The molecule has 0 heterocycles. The minimum absolute atomic E-state index is 0.00215. The SMILES string of the molecule is O=C(CCC=Cc1ccccc1)NCC(O)c1ccccc1F. The summed E-state index contributed by atoms with van der Waals surface area (Å²) >= 11 is 0. The lowest BCUT2D eigenvalue weighted by molar-refractivity contribution is -0.121. The van der Waals surface area contributed by atoms with Crippen LogP contribution in [0, 0.1) is 5.82 Å². The summed E-state index contributed by atoms with van der Waals surface area (Å²) in [6.45, 7) is 0.00215. The average molecular weight is 313 g/mol. The van der Waals surface area contributed by atoms with Crippen LogP contribution >= 0.6 is 0 Å². The van der Waals surface area contributed by atoms with Crippen LogP contribution in [-0.2, 0) is 4.79 Å². The maximum absolute atomic E-state index is 13.5. The molecule has 2 aromatic carbocycles. The van der Waals surface area contributed by atoms with Gasteiger partial charge in [0.05, 0.1) is 6.10 Å². The zero-order valence-electron chi connectivity index (χ0n) is 12.8. The molecule has 1 atom stereocenters. The van der Waals surface area contributed by atoms with E-state index in [2.05, 4.69) is 5.32 Å². The van der Waals surface area contributed by atoms with Gasteiger partial charge in [-0.05, 0) is 18.1 Å². The van der Waals surface area contributed by atoms with E-state index in [4.69, 9.17) is 0 Å². The molecule has 0 radical (unpaired) electrons. The van der Waals surface area contributed by atoms with E-state index in [1.165, 1.54) is 12.1 Å². The number of benzene rings is 2. The molecule has 0 aliphatic carbocycles. The standard InChI is InChI=1S/C19H20FNO2/c20-17-12-6-5-11-16(17)18(22)14-21-19(23)13-7-4-10-15-8-2-1-3-9-15/h1-6,8-12,18,22H,7,13-14H2,(H,21,23). The molecule has 0 aromatic heterocycles. The molecule has 0 saturated carbocycles. The second-order valence-electron chi connectivity index (χ2n) is 5.19. The second-order valence-corrected chi connectivity index (χ2v) is 5.19. The van der Waals surface area contributed by atoms with Gasteiger partial charge in [-0.1, -0.05) is 60.7 Å². The Hall–Kier alpha value is -2.46. The van der Waals surface area contributed by atoms with Gasteiger partial charge in [0, 0.05) is 18.5 Å². The second kappa shape index (κ2) is 8.86. The van der Waals surface area contributed by atoms with Crippen LogP contribution in [0.3, 0.4) is 0 Å². The fraction of sp³-hybridized carbons (Fsp3) is 0.211. The first-order chi connectivity index (χ1) is 11.2. The summed E-state index contributed by atoms with van der Waals surface area (Å²) in [5, 5.41) is 12.5. The normalized spacial score (nSPS) is 12.3. The Morgan fingerprint density at radius 2 is 1.83 bits per heavy atom. The highest BCUT2D eigenvalue weighted by Crippen LogP contribution is 2.15. The Bertz CT molecular complexity index is 655. The molecule has 3 nitrogen and oxygen atoms in total. The smallest absolute Gasteiger partial charge is 0.220 e. The lowest BCUT2D eigenvalue weighted by Gasteiger charge is -2.12. The average Bonchev–Trinajstić information content (AvgIpc) is 2.58. The van der Waals surface area contributed by atoms with Crippen molar-refractivity contribution in [1.82, 2.24) is 5.32 Å². The molecule has 120 valence electrons. The first-order valence-corrected chi connectivity index (χ1v) is 7.57. The highest BCUT2D eigenvalue weighted by Gasteiger charge is 2.12. The van der Waals surface area contributed by atoms with E-state index in [0.29, 0.717) is 12.8 Å². The minimum atomic E-state index is -1.04. The number of carbonyl (C=O) groups excluding carboxylic acids is 1. The predicted molar refractivity (Wildman–Crippen MR) is 89.1 cm³/mol. The van der Waals surface area contributed by atoms with Crippen LogP contribution in [0.4, 0.5) is 4.39 Å². The van der Waals surface area contributed by atoms with Gasteiger partial charge in [-0.3, -0.25) is 4.79 Å². The summed E-state index contributed by atoms with van der Waals surface area (Å²) in [7, 11) is 0. The van der Waals surface area contributed by atoms with Crippen molar-refractivity contribution in [1.29, 1.82) is 0 Å². The van der Waals surface area contributed by atoms with Crippen molar-refractivity contribution in [3.05, 3.63) is 77.6 Å². The number of hydrogen-bond acceptors (Lipinski definition) is 2. The Morgan fingerprint density at radius 1 is 1.13 bits per heavy atom. The fourth-order valence-corrected chi connectivity index (χ4v) is 2.15. The molecule has 2 aromatic rings. The van der Waals surface area contributed by atoms with Gasteiger partial charge in [0.25, 0.3) is 0 Å². The number of allylic oxidation sites excluding steroid dienone is 1. The number of aliphatic hydroxyl groups is 1. The Labute approximate surface area is 135 Å². The molecule has 2 N–H and O–H groups in total. The van der Waals surface area contributed by atoms with Crippen LogP contribution < -0.4 is 5.32 Å². The van der Waals surface area contributed by atoms with Gasteiger partial charge in [-0.25, -0.2) is 4.39 Å². The molecule has 1 amide bonds. The molecule has 0 aliphatic heterocycles. The number of carbonyl (C=O) groups is 1. The molecule has 1 unspecified atom stereocenters. The summed E-state index contributed by atoms with van der Waals surface area (Å²) in [6.07, 6.45) is 3.79. The summed E-state index contributed by atoms with van der Waals surface area (Å²) in [6, 6.07) is 15.8. The molecule has 4 heteroatoms. The van der Waals surface area contributed by atoms with Gasteiger partial charge >= 0.3 is 0 Å². The van der Waals surface area contributed by atoms with E-state index in [1.54, 1.807) is 12.1 Å². The van der Waals surface area contributed by atoms with Crippen molar-refractivity contribution in [3.63, 3.8) is 0 Å². The van der Waals surface area contributed by atoms with Crippen LogP contribution in [0.25, 0.3) is 6.08 Å². The maximum Gasteiger partial charge on any atom is 0.220 e. The van der Waals surface area contributed by atoms with Crippen molar-refractivity contribution in [3.8, 4) is 0 Å². The van der Waals surface area contributed by atoms with E-state index in [0.717, 1.165) is 5.56 Å². The molecule has 0 saturated heterocycles. The Balaban J connectivity index is 1.71. The highest BCUT2D eigenvalue weighted by molar-refractivity contribution is 5.76. The zero-order chi connectivity index (χ0) is 16.5. The number of rotatable bonds is 7. The van der Waals surface area contributed by atoms with Gasteiger partial charge in [0.15, 0.2) is 0 Å². The van der Waals surface area contributed by atoms with E-state index in [-0.39, 0.29) is 18.0 Å². The molecule has 0 fully saturated rings. The van der Waals surface area contributed by atoms with Crippen molar-refractivity contribution in [2.24, 2.45) is 0 Å². The third-order valence-corrected chi connectivity index (χ3v) is 3.40. The largest absolute Gasteiger partial charge is 0.386 e. The van der Waals surface area contributed by atoms with Gasteiger partial charge in [-0.2, -0.15) is 0 Å². The third kappa shape index (κ3) is 5.68. The molecular weight excluding hydrogens is 293 g/mol.